The number of carbonyl (C=O) groups is 1. The molecule has 0 aliphatic heterocycles. The number of nitrogens with one attached hydrogen (secondary N) is 1. The number of hydrogen-bond donors (Lipinski definition) is 2. The molecule has 116 valence electrons. The number of carboxylic acids is 1. The summed E-state index contributed by atoms with van der Waals surface area (Å²) in [5.74, 6) is -0.342. The topological polar surface area (TPSA) is 49.3 Å². The molecule has 0 saturated heterocycles. The van der Waals surface area contributed by atoms with Gasteiger partial charge in [0.05, 0.1) is 5.69 Å². The smallest absolute Gasteiger partial charge is 0.329 e. The van der Waals surface area contributed by atoms with E-state index in [1.807, 2.05) is 0 Å². The first-order valence-electron chi connectivity index (χ1n) is 7.69. The van der Waals surface area contributed by atoms with Gasteiger partial charge in [-0.1, -0.05) is 38.8 Å². The molecule has 0 amide bonds. The Hall–Kier alpha value is -1.58. The van der Waals surface area contributed by atoms with Crippen LogP contribution in [-0.4, -0.2) is 16.6 Å². The van der Waals surface area contributed by atoms with Crippen molar-refractivity contribution in [3.63, 3.8) is 0 Å². The van der Waals surface area contributed by atoms with Crippen molar-refractivity contribution in [1.82, 2.24) is 0 Å². The first kappa shape index (κ1) is 15.8. The highest BCUT2D eigenvalue weighted by Gasteiger charge is 2.43. The predicted molar refractivity (Wildman–Crippen MR) is 81.8 cm³/mol. The maximum absolute atomic E-state index is 13.8. The van der Waals surface area contributed by atoms with Gasteiger partial charge < -0.3 is 10.4 Å². The van der Waals surface area contributed by atoms with Crippen LogP contribution in [0.4, 0.5) is 10.1 Å². The van der Waals surface area contributed by atoms with E-state index in [0.29, 0.717) is 24.7 Å². The number of benzene rings is 1. The van der Waals surface area contributed by atoms with E-state index in [0.717, 1.165) is 19.3 Å². The van der Waals surface area contributed by atoms with Gasteiger partial charge in [0, 0.05) is 0 Å². The Labute approximate surface area is 125 Å². The molecule has 0 aromatic heterocycles. The summed E-state index contributed by atoms with van der Waals surface area (Å²) in [5.41, 5.74) is -0.759. The van der Waals surface area contributed by atoms with E-state index in [1.165, 1.54) is 6.07 Å². The summed E-state index contributed by atoms with van der Waals surface area (Å²) >= 11 is 0. The second-order valence-electron chi connectivity index (χ2n) is 6.58. The van der Waals surface area contributed by atoms with Gasteiger partial charge in [-0.05, 0) is 43.2 Å². The van der Waals surface area contributed by atoms with Crippen molar-refractivity contribution in [3.05, 3.63) is 30.1 Å². The van der Waals surface area contributed by atoms with Gasteiger partial charge in [-0.3, -0.25) is 0 Å². The van der Waals surface area contributed by atoms with E-state index >= 15 is 0 Å². The maximum Gasteiger partial charge on any atom is 0.329 e. The third-order valence-electron chi connectivity index (χ3n) is 4.31. The molecule has 4 heteroatoms. The minimum Gasteiger partial charge on any atom is -0.480 e. The molecule has 0 radical (unpaired) electrons. The standard InChI is InChI=1S/C17H24FNO2/c1-12(2)10-13-6-5-9-17(11-13,16(20)21)19-15-8-4-3-7-14(15)18/h3-4,7-8,12-13,19H,5-6,9-11H2,1-2H3,(H,20,21). The molecule has 2 atom stereocenters. The molecule has 1 fully saturated rings. The Morgan fingerprint density at radius 3 is 2.81 bits per heavy atom. The second-order valence-corrected chi connectivity index (χ2v) is 6.58. The molecular weight excluding hydrogens is 269 g/mol. The van der Waals surface area contributed by atoms with Crippen molar-refractivity contribution < 1.29 is 14.3 Å². The number of anilines is 1. The molecule has 3 nitrogen and oxygen atoms in total. The molecule has 1 aliphatic carbocycles. The lowest BCUT2D eigenvalue weighted by Crippen LogP contribution is -2.50. The predicted octanol–water partition coefficient (Wildman–Crippen LogP) is 4.30. The third-order valence-corrected chi connectivity index (χ3v) is 4.31. The number of para-hydroxylation sites is 1. The molecule has 0 spiro atoms. The van der Waals surface area contributed by atoms with Gasteiger partial charge in [-0.2, -0.15) is 0 Å². The van der Waals surface area contributed by atoms with Crippen LogP contribution in [0.25, 0.3) is 0 Å². The van der Waals surface area contributed by atoms with Crippen molar-refractivity contribution in [1.29, 1.82) is 0 Å². The second kappa shape index (κ2) is 6.46. The van der Waals surface area contributed by atoms with Gasteiger partial charge in [0.25, 0.3) is 0 Å². The van der Waals surface area contributed by atoms with Crippen LogP contribution in [0.3, 0.4) is 0 Å². The fourth-order valence-electron chi connectivity index (χ4n) is 3.44. The Bertz CT molecular complexity index is 503. The summed E-state index contributed by atoms with van der Waals surface area (Å²) in [6.07, 6.45) is 4.06. The van der Waals surface area contributed by atoms with Crippen LogP contribution in [0.15, 0.2) is 24.3 Å². The highest BCUT2D eigenvalue weighted by Crippen LogP contribution is 2.38. The summed E-state index contributed by atoms with van der Waals surface area (Å²) in [6, 6.07) is 6.28. The fourth-order valence-corrected chi connectivity index (χ4v) is 3.44. The molecule has 2 unspecified atom stereocenters. The summed E-state index contributed by atoms with van der Waals surface area (Å²) in [7, 11) is 0. The van der Waals surface area contributed by atoms with Crippen LogP contribution in [0.1, 0.15) is 46.0 Å². The number of aliphatic carboxylic acids is 1. The van der Waals surface area contributed by atoms with Gasteiger partial charge >= 0.3 is 5.97 Å². The Kier molecular flexibility index (Phi) is 4.86. The first-order chi connectivity index (χ1) is 9.93. The molecule has 1 saturated carbocycles. The Morgan fingerprint density at radius 1 is 1.48 bits per heavy atom. The van der Waals surface area contributed by atoms with Gasteiger partial charge in [0.15, 0.2) is 0 Å². The molecular formula is C17H24FNO2. The molecule has 1 aliphatic rings. The van der Waals surface area contributed by atoms with E-state index in [-0.39, 0.29) is 5.69 Å². The summed E-state index contributed by atoms with van der Waals surface area (Å²) in [5, 5.41) is 12.7. The highest BCUT2D eigenvalue weighted by molar-refractivity contribution is 5.83. The van der Waals surface area contributed by atoms with Crippen molar-refractivity contribution in [3.8, 4) is 0 Å². The average Bonchev–Trinajstić information content (AvgIpc) is 2.41. The Balaban J connectivity index is 2.20. The van der Waals surface area contributed by atoms with Crippen LogP contribution in [0.2, 0.25) is 0 Å². The first-order valence-corrected chi connectivity index (χ1v) is 7.69. The van der Waals surface area contributed by atoms with Crippen LogP contribution >= 0.6 is 0 Å². The van der Waals surface area contributed by atoms with E-state index in [9.17, 15) is 14.3 Å². The largest absolute Gasteiger partial charge is 0.480 e. The zero-order valence-corrected chi connectivity index (χ0v) is 12.7. The van der Waals surface area contributed by atoms with Gasteiger partial charge in [-0.15, -0.1) is 0 Å². The third kappa shape index (κ3) is 3.74. The number of halogens is 1. The van der Waals surface area contributed by atoms with E-state index < -0.39 is 17.3 Å². The number of rotatable bonds is 5. The van der Waals surface area contributed by atoms with Crippen molar-refractivity contribution in [2.75, 3.05) is 5.32 Å². The summed E-state index contributed by atoms with van der Waals surface area (Å²) in [4.78, 5) is 11.8. The average molecular weight is 293 g/mol. The SMILES string of the molecule is CC(C)CC1CCCC(Nc2ccccc2F)(C(=O)O)C1. The monoisotopic (exact) mass is 293 g/mol. The van der Waals surface area contributed by atoms with Crippen LogP contribution in [0.5, 0.6) is 0 Å². The van der Waals surface area contributed by atoms with Crippen LogP contribution < -0.4 is 5.32 Å². The molecule has 2 N–H and O–H groups in total. The molecule has 0 heterocycles. The molecule has 1 aromatic carbocycles. The maximum atomic E-state index is 13.8. The number of hydrogen-bond acceptors (Lipinski definition) is 2. The summed E-state index contributed by atoms with van der Waals surface area (Å²) in [6.45, 7) is 4.31. The lowest BCUT2D eigenvalue weighted by atomic mass is 9.73. The van der Waals surface area contributed by atoms with Crippen molar-refractivity contribution in [2.45, 2.75) is 51.5 Å². The molecule has 0 bridgehead atoms. The fraction of sp³-hybridized carbons (Fsp3) is 0.588. The van der Waals surface area contributed by atoms with E-state index in [2.05, 4.69) is 19.2 Å². The quantitative estimate of drug-likeness (QED) is 0.851. The number of carboxylic acid groups (broad SMARTS) is 1. The van der Waals surface area contributed by atoms with Gasteiger partial charge in [-0.25, -0.2) is 9.18 Å². The Morgan fingerprint density at radius 2 is 2.19 bits per heavy atom. The van der Waals surface area contributed by atoms with Crippen LogP contribution in [-0.2, 0) is 4.79 Å². The lowest BCUT2D eigenvalue weighted by molar-refractivity contribution is -0.144. The van der Waals surface area contributed by atoms with Gasteiger partial charge in [0.1, 0.15) is 11.4 Å². The zero-order chi connectivity index (χ0) is 15.5. The molecule has 1 aromatic rings. The van der Waals surface area contributed by atoms with Crippen molar-refractivity contribution >= 4 is 11.7 Å². The minimum absolute atomic E-state index is 0.282. The van der Waals surface area contributed by atoms with E-state index in [1.54, 1.807) is 18.2 Å². The van der Waals surface area contributed by atoms with Crippen molar-refractivity contribution in [2.24, 2.45) is 11.8 Å². The van der Waals surface area contributed by atoms with E-state index in [4.69, 9.17) is 0 Å². The van der Waals surface area contributed by atoms with Gasteiger partial charge in [0.2, 0.25) is 0 Å². The normalized spacial score (nSPS) is 25.8. The highest BCUT2D eigenvalue weighted by atomic mass is 19.1. The summed E-state index contributed by atoms with van der Waals surface area (Å²) < 4.78 is 13.8. The molecule has 2 rings (SSSR count). The minimum atomic E-state index is -1.04. The van der Waals surface area contributed by atoms with Crippen LogP contribution in [0, 0.1) is 17.7 Å². The zero-order valence-electron chi connectivity index (χ0n) is 12.7. The lowest BCUT2D eigenvalue weighted by Gasteiger charge is -2.39. The molecule has 21 heavy (non-hydrogen) atoms.